The first kappa shape index (κ1) is 14.5. The molecular weight excluding hydrogens is 283 g/mol. The zero-order chi connectivity index (χ0) is 14.7. The Bertz CT molecular complexity index is 632. The molecule has 1 N–H and O–H groups in total. The predicted octanol–water partition coefficient (Wildman–Crippen LogP) is 2.92. The van der Waals surface area contributed by atoms with E-state index in [1.165, 1.54) is 23.5 Å². The monoisotopic (exact) mass is 296 g/mol. The third kappa shape index (κ3) is 2.97. The summed E-state index contributed by atoms with van der Waals surface area (Å²) in [5.74, 6) is -0.647. The van der Waals surface area contributed by atoms with Crippen molar-refractivity contribution < 1.29 is 9.31 Å². The van der Waals surface area contributed by atoms with Crippen LogP contribution in [0.15, 0.2) is 18.2 Å². The molecule has 0 saturated carbocycles. The van der Waals surface area contributed by atoms with Gasteiger partial charge in [-0.05, 0) is 25.6 Å². The maximum Gasteiger partial charge on any atom is 0.282 e. The molecule has 20 heavy (non-hydrogen) atoms. The van der Waals surface area contributed by atoms with Gasteiger partial charge in [0.1, 0.15) is 10.8 Å². The predicted molar refractivity (Wildman–Crippen MR) is 74.0 cm³/mol. The molecule has 1 unspecified atom stereocenters. The van der Waals surface area contributed by atoms with Gasteiger partial charge in [-0.15, -0.1) is 10.2 Å². The van der Waals surface area contributed by atoms with Crippen molar-refractivity contribution in [2.45, 2.75) is 19.9 Å². The van der Waals surface area contributed by atoms with Gasteiger partial charge in [0.05, 0.1) is 22.6 Å². The molecule has 0 aliphatic heterocycles. The standard InChI is InChI=1S/C12H13FN4O2S/c1-3-14-7(2)11-15-16-12(20-11)9-5-4-8(13)6-10(9)17(18)19/h4-7,14H,3H2,1-2H3. The van der Waals surface area contributed by atoms with Crippen LogP contribution in [0, 0.1) is 15.9 Å². The third-order valence-corrected chi connectivity index (χ3v) is 3.85. The molecule has 6 nitrogen and oxygen atoms in total. The van der Waals surface area contributed by atoms with Gasteiger partial charge in [0.2, 0.25) is 0 Å². The topological polar surface area (TPSA) is 81.0 Å². The summed E-state index contributed by atoms with van der Waals surface area (Å²) in [7, 11) is 0. The summed E-state index contributed by atoms with van der Waals surface area (Å²) in [5.41, 5.74) is -0.0207. The number of halogens is 1. The summed E-state index contributed by atoms with van der Waals surface area (Å²) in [5, 5.41) is 23.3. The van der Waals surface area contributed by atoms with Crippen molar-refractivity contribution in [1.82, 2.24) is 15.5 Å². The average molecular weight is 296 g/mol. The molecule has 0 saturated heterocycles. The molecule has 0 radical (unpaired) electrons. The molecule has 0 bridgehead atoms. The van der Waals surface area contributed by atoms with E-state index < -0.39 is 10.7 Å². The van der Waals surface area contributed by atoms with Crippen LogP contribution in [0.3, 0.4) is 0 Å². The highest BCUT2D eigenvalue weighted by atomic mass is 32.1. The van der Waals surface area contributed by atoms with Crippen LogP contribution in [0.5, 0.6) is 0 Å². The van der Waals surface area contributed by atoms with Crippen molar-refractivity contribution in [2.75, 3.05) is 6.54 Å². The van der Waals surface area contributed by atoms with Gasteiger partial charge in [0.15, 0.2) is 5.01 Å². The third-order valence-electron chi connectivity index (χ3n) is 2.71. The van der Waals surface area contributed by atoms with Gasteiger partial charge in [0, 0.05) is 0 Å². The van der Waals surface area contributed by atoms with Gasteiger partial charge in [0.25, 0.3) is 5.69 Å². The van der Waals surface area contributed by atoms with Gasteiger partial charge < -0.3 is 5.32 Å². The minimum absolute atomic E-state index is 0.0192. The van der Waals surface area contributed by atoms with Crippen LogP contribution in [0.25, 0.3) is 10.6 Å². The van der Waals surface area contributed by atoms with E-state index in [2.05, 4.69) is 15.5 Å². The Morgan fingerprint density at radius 3 is 2.90 bits per heavy atom. The van der Waals surface area contributed by atoms with E-state index in [4.69, 9.17) is 0 Å². The summed E-state index contributed by atoms with van der Waals surface area (Å²) in [4.78, 5) is 10.4. The molecule has 0 amide bonds. The molecular formula is C12H13FN4O2S. The number of nitrogens with zero attached hydrogens (tertiary/aromatic N) is 3. The lowest BCUT2D eigenvalue weighted by Gasteiger charge is -2.06. The molecule has 8 heteroatoms. The van der Waals surface area contributed by atoms with Crippen molar-refractivity contribution in [2.24, 2.45) is 0 Å². The first-order chi connectivity index (χ1) is 9.52. The van der Waals surface area contributed by atoms with Crippen LogP contribution in [0.1, 0.15) is 24.9 Å². The van der Waals surface area contributed by atoms with E-state index in [0.29, 0.717) is 5.01 Å². The molecule has 2 aromatic rings. The van der Waals surface area contributed by atoms with Crippen LogP contribution >= 0.6 is 11.3 Å². The largest absolute Gasteiger partial charge is 0.308 e. The number of hydrogen-bond donors (Lipinski definition) is 1. The molecule has 1 aromatic heterocycles. The number of benzene rings is 1. The average Bonchev–Trinajstić information content (AvgIpc) is 2.88. The van der Waals surface area contributed by atoms with Gasteiger partial charge in [-0.3, -0.25) is 10.1 Å². The summed E-state index contributed by atoms with van der Waals surface area (Å²) in [6.07, 6.45) is 0. The molecule has 0 aliphatic rings. The molecule has 1 atom stereocenters. The normalized spacial score (nSPS) is 12.3. The molecule has 0 spiro atoms. The van der Waals surface area contributed by atoms with E-state index in [1.807, 2.05) is 13.8 Å². The number of nitro benzene ring substituents is 1. The lowest BCUT2D eigenvalue weighted by Crippen LogP contribution is -2.17. The fraction of sp³-hybridized carbons (Fsp3) is 0.333. The smallest absolute Gasteiger partial charge is 0.282 e. The zero-order valence-corrected chi connectivity index (χ0v) is 11.8. The van der Waals surface area contributed by atoms with Gasteiger partial charge in [-0.2, -0.15) is 0 Å². The number of nitro groups is 1. The summed E-state index contributed by atoms with van der Waals surface area (Å²) < 4.78 is 13.1. The SMILES string of the molecule is CCNC(C)c1nnc(-c2ccc(F)cc2[N+](=O)[O-])s1. The van der Waals surface area contributed by atoms with Crippen LogP contribution in [-0.2, 0) is 0 Å². The van der Waals surface area contributed by atoms with Crippen LogP contribution in [0.2, 0.25) is 0 Å². The number of nitrogens with one attached hydrogen (secondary N) is 1. The molecule has 106 valence electrons. The number of rotatable bonds is 5. The Kier molecular flexibility index (Phi) is 4.35. The Labute approximate surface area is 118 Å². The minimum Gasteiger partial charge on any atom is -0.308 e. The summed E-state index contributed by atoms with van der Waals surface area (Å²) >= 11 is 1.26. The molecule has 2 rings (SSSR count). The van der Waals surface area contributed by atoms with Crippen molar-refractivity contribution in [3.05, 3.63) is 39.1 Å². The molecule has 0 fully saturated rings. The van der Waals surface area contributed by atoms with Crippen LogP contribution in [0.4, 0.5) is 10.1 Å². The second-order valence-electron chi connectivity index (χ2n) is 4.14. The summed E-state index contributed by atoms with van der Waals surface area (Å²) in [6.45, 7) is 4.70. The maximum atomic E-state index is 13.1. The summed E-state index contributed by atoms with van der Waals surface area (Å²) in [6, 6.07) is 3.45. The van der Waals surface area contributed by atoms with Gasteiger partial charge >= 0.3 is 0 Å². The second kappa shape index (κ2) is 6.02. The highest BCUT2D eigenvalue weighted by Crippen LogP contribution is 2.33. The van der Waals surface area contributed by atoms with E-state index >= 15 is 0 Å². The fourth-order valence-corrected chi connectivity index (χ4v) is 2.65. The highest BCUT2D eigenvalue weighted by molar-refractivity contribution is 7.14. The van der Waals surface area contributed by atoms with Crippen LogP contribution < -0.4 is 5.32 Å². The van der Waals surface area contributed by atoms with E-state index in [-0.39, 0.29) is 17.3 Å². The highest BCUT2D eigenvalue weighted by Gasteiger charge is 2.21. The Morgan fingerprint density at radius 2 is 2.25 bits per heavy atom. The Hall–Kier alpha value is -1.93. The van der Waals surface area contributed by atoms with E-state index in [1.54, 1.807) is 0 Å². The quantitative estimate of drug-likeness (QED) is 0.677. The Morgan fingerprint density at radius 1 is 1.50 bits per heavy atom. The number of aromatic nitrogens is 2. The Balaban J connectivity index is 2.40. The van der Waals surface area contributed by atoms with Crippen molar-refractivity contribution >= 4 is 17.0 Å². The lowest BCUT2D eigenvalue weighted by molar-refractivity contribution is -0.384. The first-order valence-electron chi connectivity index (χ1n) is 6.04. The molecule has 1 aromatic carbocycles. The number of hydrogen-bond acceptors (Lipinski definition) is 6. The van der Waals surface area contributed by atoms with Crippen LogP contribution in [-0.4, -0.2) is 21.7 Å². The van der Waals surface area contributed by atoms with E-state index in [9.17, 15) is 14.5 Å². The van der Waals surface area contributed by atoms with Crippen molar-refractivity contribution in [3.63, 3.8) is 0 Å². The van der Waals surface area contributed by atoms with Crippen molar-refractivity contribution in [3.8, 4) is 10.6 Å². The molecule has 1 heterocycles. The fourth-order valence-electron chi connectivity index (χ4n) is 1.75. The van der Waals surface area contributed by atoms with E-state index in [0.717, 1.165) is 17.6 Å². The van der Waals surface area contributed by atoms with Crippen molar-refractivity contribution in [1.29, 1.82) is 0 Å². The maximum absolute atomic E-state index is 13.1. The minimum atomic E-state index is -0.647. The second-order valence-corrected chi connectivity index (χ2v) is 5.15. The van der Waals surface area contributed by atoms with Gasteiger partial charge in [-0.25, -0.2) is 4.39 Å². The lowest BCUT2D eigenvalue weighted by atomic mass is 10.2. The molecule has 0 aliphatic carbocycles. The van der Waals surface area contributed by atoms with Gasteiger partial charge in [-0.1, -0.05) is 18.3 Å². The first-order valence-corrected chi connectivity index (χ1v) is 6.85. The zero-order valence-electron chi connectivity index (χ0n) is 11.0.